The summed E-state index contributed by atoms with van der Waals surface area (Å²) in [7, 11) is 2.73. The van der Waals surface area contributed by atoms with Gasteiger partial charge < -0.3 is 84.2 Å². The highest BCUT2D eigenvalue weighted by Crippen LogP contribution is 2.36. The fourth-order valence-corrected chi connectivity index (χ4v) is 5.26. The van der Waals surface area contributed by atoms with Crippen molar-refractivity contribution in [2.24, 2.45) is 0 Å². The van der Waals surface area contributed by atoms with Crippen molar-refractivity contribution in [1.29, 1.82) is 0 Å². The third-order valence-electron chi connectivity index (χ3n) is 8.13. The van der Waals surface area contributed by atoms with Gasteiger partial charge in [0.2, 0.25) is 6.29 Å². The van der Waals surface area contributed by atoms with Crippen LogP contribution in [0.4, 0.5) is 0 Å². The van der Waals surface area contributed by atoms with Gasteiger partial charge in [-0.3, -0.25) is 0 Å². The number of rotatable bonds is 15. The van der Waals surface area contributed by atoms with Crippen LogP contribution in [0.1, 0.15) is 17.2 Å². The lowest BCUT2D eigenvalue weighted by Crippen LogP contribution is -2.60. The molecule has 2 aliphatic rings. The van der Waals surface area contributed by atoms with Crippen molar-refractivity contribution in [3.63, 3.8) is 0 Å². The average molecular weight is 701 g/mol. The van der Waals surface area contributed by atoms with Gasteiger partial charge in [0.25, 0.3) is 0 Å². The number of methoxy groups -OCH3 is 2. The minimum atomic E-state index is -1.65. The van der Waals surface area contributed by atoms with Gasteiger partial charge in [-0.05, 0) is 35.4 Å². The van der Waals surface area contributed by atoms with Gasteiger partial charge in [0, 0.05) is 0 Å². The third-order valence-corrected chi connectivity index (χ3v) is 8.13. The smallest absolute Gasteiger partial charge is 0.229 e. The molecule has 0 aromatic heterocycles. The molecule has 2 aliphatic heterocycles. The Morgan fingerprint density at radius 2 is 1.27 bits per heavy atom. The molecule has 4 rings (SSSR count). The van der Waals surface area contributed by atoms with E-state index in [0.29, 0.717) is 5.56 Å². The lowest BCUT2D eigenvalue weighted by atomic mass is 9.99. The van der Waals surface area contributed by atoms with E-state index in [9.17, 15) is 51.1 Å². The summed E-state index contributed by atoms with van der Waals surface area (Å²) in [6, 6.07) is 9.11. The molecular formula is C32H44O17. The van der Waals surface area contributed by atoms with E-state index in [1.165, 1.54) is 32.4 Å². The molecule has 274 valence electrons. The average Bonchev–Trinajstić information content (AvgIpc) is 3.12. The van der Waals surface area contributed by atoms with Crippen LogP contribution in [0.5, 0.6) is 23.0 Å². The lowest BCUT2D eigenvalue weighted by Gasteiger charge is -2.39. The Morgan fingerprint density at radius 3 is 1.86 bits per heavy atom. The first-order chi connectivity index (χ1) is 23.5. The van der Waals surface area contributed by atoms with E-state index < -0.39 is 93.4 Å². The van der Waals surface area contributed by atoms with Crippen LogP contribution < -0.4 is 18.9 Å². The zero-order chi connectivity index (χ0) is 35.8. The van der Waals surface area contributed by atoms with Crippen LogP contribution in [-0.4, -0.2) is 159 Å². The lowest BCUT2D eigenvalue weighted by molar-refractivity contribution is -0.298. The molecule has 17 heteroatoms. The highest BCUT2D eigenvalue weighted by atomic mass is 16.7. The molecule has 17 nitrogen and oxygen atoms in total. The maximum Gasteiger partial charge on any atom is 0.229 e. The normalized spacial score (nSPS) is 31.7. The van der Waals surface area contributed by atoms with E-state index in [4.69, 9.17) is 33.2 Å². The van der Waals surface area contributed by atoms with Gasteiger partial charge in [0.05, 0.1) is 40.6 Å². The minimum absolute atomic E-state index is 0.0492. The highest BCUT2D eigenvalue weighted by Gasteiger charge is 2.45. The third kappa shape index (κ3) is 8.97. The van der Waals surface area contributed by atoms with Crippen LogP contribution in [0.3, 0.4) is 0 Å². The van der Waals surface area contributed by atoms with Crippen LogP contribution in [-0.2, 0) is 14.2 Å². The summed E-state index contributed by atoms with van der Waals surface area (Å²) in [5.74, 6) is 0.607. The quantitative estimate of drug-likeness (QED) is 0.0898. The first-order valence-corrected chi connectivity index (χ1v) is 15.3. The molecule has 10 N–H and O–H groups in total. The largest absolute Gasteiger partial charge is 0.493 e. The van der Waals surface area contributed by atoms with Gasteiger partial charge in [-0.2, -0.15) is 0 Å². The number of aliphatic hydroxyl groups is 10. The molecule has 2 fully saturated rings. The van der Waals surface area contributed by atoms with Crippen LogP contribution in [0.25, 0.3) is 6.08 Å². The van der Waals surface area contributed by atoms with Gasteiger partial charge in [-0.25, -0.2) is 0 Å². The Hall–Kier alpha value is -3.14. The van der Waals surface area contributed by atoms with Crippen molar-refractivity contribution in [2.45, 2.75) is 73.6 Å². The summed E-state index contributed by atoms with van der Waals surface area (Å²) in [4.78, 5) is 0. The fraction of sp³-hybridized carbons (Fsp3) is 0.562. The van der Waals surface area contributed by atoms with Crippen LogP contribution in [0.15, 0.2) is 42.5 Å². The minimum Gasteiger partial charge on any atom is -0.493 e. The second-order valence-corrected chi connectivity index (χ2v) is 11.4. The molecule has 2 aromatic carbocycles. The number of benzene rings is 2. The summed E-state index contributed by atoms with van der Waals surface area (Å²) in [6.07, 6.45) is -13.8. The first-order valence-electron chi connectivity index (χ1n) is 15.3. The zero-order valence-electron chi connectivity index (χ0n) is 26.7. The molecule has 0 saturated carbocycles. The summed E-state index contributed by atoms with van der Waals surface area (Å²) >= 11 is 0. The predicted octanol–water partition coefficient (Wildman–Crippen LogP) is -2.81. The van der Waals surface area contributed by atoms with Crippen molar-refractivity contribution in [3.8, 4) is 23.0 Å². The van der Waals surface area contributed by atoms with Crippen molar-refractivity contribution in [2.75, 3.05) is 40.6 Å². The Kier molecular flexibility index (Phi) is 14.0. The van der Waals surface area contributed by atoms with Gasteiger partial charge in [0.1, 0.15) is 54.9 Å². The Balaban J connectivity index is 1.39. The summed E-state index contributed by atoms with van der Waals surface area (Å²) in [6.45, 7) is -1.87. The van der Waals surface area contributed by atoms with Gasteiger partial charge in [0.15, 0.2) is 35.4 Å². The number of hydrogen-bond donors (Lipinski definition) is 10. The predicted molar refractivity (Wildman–Crippen MR) is 166 cm³/mol. The van der Waals surface area contributed by atoms with E-state index in [-0.39, 0.29) is 35.2 Å². The van der Waals surface area contributed by atoms with Gasteiger partial charge in [-0.15, -0.1) is 0 Å². The van der Waals surface area contributed by atoms with E-state index in [0.717, 1.165) is 0 Å². The van der Waals surface area contributed by atoms with Crippen LogP contribution in [0.2, 0.25) is 0 Å². The SMILES string of the molecule is COc1cc(C=CCOC2OC(CO)C(O)C(O)C2O)ccc1OC(CO)C(O)c1ccc(OC2OC(CO)C(O)C(O)C2O)c(OC)c1. The molecular weight excluding hydrogens is 656 g/mol. The van der Waals surface area contributed by atoms with Crippen molar-refractivity contribution in [1.82, 2.24) is 0 Å². The number of hydrogen-bond acceptors (Lipinski definition) is 17. The molecule has 0 radical (unpaired) electrons. The van der Waals surface area contributed by atoms with E-state index in [2.05, 4.69) is 0 Å². The Bertz CT molecular complexity index is 1350. The second kappa shape index (κ2) is 17.7. The maximum atomic E-state index is 11.1. The monoisotopic (exact) mass is 700 g/mol. The molecule has 0 bridgehead atoms. The van der Waals surface area contributed by atoms with Crippen molar-refractivity contribution >= 4 is 6.08 Å². The molecule has 2 aromatic rings. The highest BCUT2D eigenvalue weighted by molar-refractivity contribution is 5.56. The molecule has 0 amide bonds. The van der Waals surface area contributed by atoms with Crippen molar-refractivity contribution < 1.29 is 84.2 Å². The Morgan fingerprint density at radius 1 is 0.694 bits per heavy atom. The maximum absolute atomic E-state index is 11.1. The van der Waals surface area contributed by atoms with E-state index >= 15 is 0 Å². The van der Waals surface area contributed by atoms with E-state index in [1.54, 1.807) is 30.4 Å². The summed E-state index contributed by atoms with van der Waals surface area (Å²) in [5.41, 5.74) is 0.900. The fourth-order valence-electron chi connectivity index (χ4n) is 5.26. The number of ether oxygens (including phenoxy) is 7. The van der Waals surface area contributed by atoms with Crippen LogP contribution in [0, 0.1) is 0 Å². The summed E-state index contributed by atoms with van der Waals surface area (Å²) in [5, 5.41) is 100. The molecule has 2 heterocycles. The van der Waals surface area contributed by atoms with Gasteiger partial charge >= 0.3 is 0 Å². The molecule has 12 atom stereocenters. The Labute approximate surface area is 281 Å². The summed E-state index contributed by atoms with van der Waals surface area (Å²) < 4.78 is 38.5. The standard InChI is InChI=1S/C32H44O17/c1-43-19-10-15(4-3-9-45-31-29(41)27(39)25(37)22(13-34)48-31)5-7-17(19)46-21(12-33)24(36)16-6-8-18(20(11-16)44-2)47-32-30(42)28(40)26(38)23(14-35)49-32/h3-8,10-11,21-42H,9,12-14H2,1-2H3. The van der Waals surface area contributed by atoms with Crippen LogP contribution >= 0.6 is 0 Å². The topological polar surface area (TPSA) is 267 Å². The molecule has 12 unspecified atom stereocenters. The van der Waals surface area contributed by atoms with E-state index in [1.807, 2.05) is 0 Å². The molecule has 2 saturated heterocycles. The number of aliphatic hydroxyl groups excluding tert-OH is 10. The molecule has 49 heavy (non-hydrogen) atoms. The van der Waals surface area contributed by atoms with Gasteiger partial charge in [-0.1, -0.05) is 24.3 Å². The molecule has 0 aliphatic carbocycles. The first kappa shape index (κ1) is 38.7. The second-order valence-electron chi connectivity index (χ2n) is 11.4. The van der Waals surface area contributed by atoms with Crippen molar-refractivity contribution in [3.05, 3.63) is 53.6 Å². The molecule has 0 spiro atoms. The zero-order valence-corrected chi connectivity index (χ0v) is 26.7.